The molecule has 17 heavy (non-hydrogen) atoms. The van der Waals surface area contributed by atoms with Crippen LogP contribution in [0.5, 0.6) is 5.75 Å². The number of hydrogen-bond acceptors (Lipinski definition) is 3. The molecular weight excluding hydrogens is 216 g/mol. The number of ether oxygens (including phenoxy) is 3. The number of rotatable bonds is 5. The molecule has 1 aromatic carbocycles. The minimum Gasteiger partial charge on any atom is -0.497 e. The van der Waals surface area contributed by atoms with Crippen LogP contribution in [0.3, 0.4) is 0 Å². The van der Waals surface area contributed by atoms with Crippen LogP contribution in [0.2, 0.25) is 0 Å². The molecule has 1 aromatic rings. The van der Waals surface area contributed by atoms with Crippen molar-refractivity contribution in [3.8, 4) is 17.6 Å². The van der Waals surface area contributed by atoms with Gasteiger partial charge in [0.25, 0.3) is 0 Å². The van der Waals surface area contributed by atoms with Crippen LogP contribution in [-0.2, 0) is 16.1 Å². The van der Waals surface area contributed by atoms with Crippen molar-refractivity contribution in [3.05, 3.63) is 29.8 Å². The summed E-state index contributed by atoms with van der Waals surface area (Å²) in [6, 6.07) is 7.83. The molecule has 0 amide bonds. The van der Waals surface area contributed by atoms with Crippen molar-refractivity contribution in [2.24, 2.45) is 0 Å². The van der Waals surface area contributed by atoms with E-state index in [2.05, 4.69) is 11.8 Å². The Balaban J connectivity index is 1.64. The molecule has 3 nitrogen and oxygen atoms in total. The third-order valence-corrected chi connectivity index (χ3v) is 2.46. The number of benzene rings is 1. The van der Waals surface area contributed by atoms with Crippen molar-refractivity contribution >= 4 is 0 Å². The van der Waals surface area contributed by atoms with E-state index in [0.29, 0.717) is 19.3 Å². The molecule has 1 atom stereocenters. The second-order valence-corrected chi connectivity index (χ2v) is 3.85. The van der Waals surface area contributed by atoms with Crippen molar-refractivity contribution in [3.63, 3.8) is 0 Å². The van der Waals surface area contributed by atoms with Gasteiger partial charge in [0.2, 0.25) is 0 Å². The molecule has 3 heteroatoms. The minimum absolute atomic E-state index is 0.379. The molecule has 0 aliphatic carbocycles. The van der Waals surface area contributed by atoms with Gasteiger partial charge in [0.05, 0.1) is 26.4 Å². The Morgan fingerprint density at radius 1 is 1.29 bits per heavy atom. The lowest BCUT2D eigenvalue weighted by molar-refractivity contribution is 0.153. The minimum atomic E-state index is 0.379. The SMILES string of the molecule is COc1ccc(COCC#CC[C@H]2CO2)cc1. The zero-order chi connectivity index (χ0) is 11.9. The monoisotopic (exact) mass is 232 g/mol. The average Bonchev–Trinajstić information content (AvgIpc) is 3.18. The normalized spacial score (nSPS) is 17.1. The second-order valence-electron chi connectivity index (χ2n) is 3.85. The Hall–Kier alpha value is -1.50. The number of methoxy groups -OCH3 is 1. The fourth-order valence-electron chi connectivity index (χ4n) is 1.36. The summed E-state index contributed by atoms with van der Waals surface area (Å²) in [6.45, 7) is 1.92. The first-order valence-corrected chi connectivity index (χ1v) is 5.66. The van der Waals surface area contributed by atoms with E-state index >= 15 is 0 Å². The topological polar surface area (TPSA) is 31.0 Å². The van der Waals surface area contributed by atoms with Crippen LogP contribution in [0.15, 0.2) is 24.3 Å². The summed E-state index contributed by atoms with van der Waals surface area (Å²) in [4.78, 5) is 0. The molecule has 1 heterocycles. The van der Waals surface area contributed by atoms with Crippen molar-refractivity contribution in [1.29, 1.82) is 0 Å². The van der Waals surface area contributed by atoms with E-state index in [1.54, 1.807) is 7.11 Å². The van der Waals surface area contributed by atoms with Crippen molar-refractivity contribution in [2.75, 3.05) is 20.3 Å². The summed E-state index contributed by atoms with van der Waals surface area (Å²) >= 11 is 0. The van der Waals surface area contributed by atoms with Gasteiger partial charge in [-0.25, -0.2) is 0 Å². The first-order chi connectivity index (χ1) is 8.38. The molecule has 2 rings (SSSR count). The maximum Gasteiger partial charge on any atom is 0.118 e. The van der Waals surface area contributed by atoms with Gasteiger partial charge in [-0.1, -0.05) is 24.0 Å². The van der Waals surface area contributed by atoms with E-state index in [4.69, 9.17) is 14.2 Å². The molecule has 90 valence electrons. The fraction of sp³-hybridized carbons (Fsp3) is 0.429. The number of epoxide rings is 1. The molecule has 0 aromatic heterocycles. The quantitative estimate of drug-likeness (QED) is 0.442. The van der Waals surface area contributed by atoms with Gasteiger partial charge in [-0.3, -0.25) is 0 Å². The molecular formula is C14H16O3. The third kappa shape index (κ3) is 4.48. The second kappa shape index (κ2) is 6.29. The molecule has 1 saturated heterocycles. The molecule has 0 radical (unpaired) electrons. The summed E-state index contributed by atoms with van der Waals surface area (Å²) < 4.78 is 15.6. The maximum absolute atomic E-state index is 5.44. The van der Waals surface area contributed by atoms with Crippen LogP contribution in [-0.4, -0.2) is 26.4 Å². The summed E-state index contributed by atoms with van der Waals surface area (Å²) in [5.41, 5.74) is 1.12. The van der Waals surface area contributed by atoms with Crippen LogP contribution in [0, 0.1) is 11.8 Å². The van der Waals surface area contributed by atoms with Gasteiger partial charge in [-0.2, -0.15) is 0 Å². The zero-order valence-electron chi connectivity index (χ0n) is 9.94. The Kier molecular flexibility index (Phi) is 4.43. The van der Waals surface area contributed by atoms with Crippen LogP contribution in [0.4, 0.5) is 0 Å². The first-order valence-electron chi connectivity index (χ1n) is 5.66. The van der Waals surface area contributed by atoms with E-state index in [9.17, 15) is 0 Å². The van der Waals surface area contributed by atoms with Gasteiger partial charge in [0.15, 0.2) is 0 Å². The summed E-state index contributed by atoms with van der Waals surface area (Å²) in [7, 11) is 1.66. The van der Waals surface area contributed by atoms with Gasteiger partial charge < -0.3 is 14.2 Å². The van der Waals surface area contributed by atoms with E-state index in [1.165, 1.54) is 0 Å². The highest BCUT2D eigenvalue weighted by atomic mass is 16.6. The smallest absolute Gasteiger partial charge is 0.118 e. The van der Waals surface area contributed by atoms with Crippen molar-refractivity contribution in [1.82, 2.24) is 0 Å². The average molecular weight is 232 g/mol. The highest BCUT2D eigenvalue weighted by molar-refractivity contribution is 5.26. The van der Waals surface area contributed by atoms with E-state index in [0.717, 1.165) is 24.3 Å². The van der Waals surface area contributed by atoms with E-state index in [-0.39, 0.29) is 0 Å². The lowest BCUT2D eigenvalue weighted by Crippen LogP contribution is -1.93. The van der Waals surface area contributed by atoms with Crippen molar-refractivity contribution in [2.45, 2.75) is 19.1 Å². The Labute approximate surface area is 102 Å². The lowest BCUT2D eigenvalue weighted by atomic mass is 10.2. The zero-order valence-corrected chi connectivity index (χ0v) is 9.94. The molecule has 1 fully saturated rings. The predicted molar refractivity (Wildman–Crippen MR) is 64.8 cm³/mol. The molecule has 0 spiro atoms. The van der Waals surface area contributed by atoms with Gasteiger partial charge in [-0.05, 0) is 17.7 Å². The summed E-state index contributed by atoms with van der Waals surface area (Å²) in [5, 5.41) is 0. The van der Waals surface area contributed by atoms with E-state index < -0.39 is 0 Å². The van der Waals surface area contributed by atoms with Crippen LogP contribution < -0.4 is 4.74 Å². The first kappa shape index (κ1) is 12.0. The van der Waals surface area contributed by atoms with Gasteiger partial charge in [-0.15, -0.1) is 0 Å². The summed E-state index contributed by atoms with van der Waals surface area (Å²) in [6.07, 6.45) is 1.20. The van der Waals surface area contributed by atoms with Crippen LogP contribution in [0.25, 0.3) is 0 Å². The van der Waals surface area contributed by atoms with Crippen molar-refractivity contribution < 1.29 is 14.2 Å². The van der Waals surface area contributed by atoms with Crippen LogP contribution >= 0.6 is 0 Å². The highest BCUT2D eigenvalue weighted by Gasteiger charge is 2.20. The molecule has 1 aliphatic heterocycles. The Bertz CT molecular complexity index is 396. The molecule has 0 unspecified atom stereocenters. The predicted octanol–water partition coefficient (Wildman–Crippen LogP) is 2.00. The molecule has 1 aliphatic rings. The lowest BCUT2D eigenvalue weighted by Gasteiger charge is -2.02. The Morgan fingerprint density at radius 3 is 2.71 bits per heavy atom. The molecule has 0 bridgehead atoms. The molecule has 0 saturated carbocycles. The van der Waals surface area contributed by atoms with Crippen LogP contribution in [0.1, 0.15) is 12.0 Å². The van der Waals surface area contributed by atoms with Gasteiger partial charge in [0, 0.05) is 6.42 Å². The largest absolute Gasteiger partial charge is 0.497 e. The molecule has 0 N–H and O–H groups in total. The van der Waals surface area contributed by atoms with Gasteiger partial charge >= 0.3 is 0 Å². The fourth-order valence-corrected chi connectivity index (χ4v) is 1.36. The summed E-state index contributed by atoms with van der Waals surface area (Å²) in [5.74, 6) is 6.86. The van der Waals surface area contributed by atoms with E-state index in [1.807, 2.05) is 24.3 Å². The van der Waals surface area contributed by atoms with Gasteiger partial charge in [0.1, 0.15) is 12.4 Å². The maximum atomic E-state index is 5.44. The third-order valence-electron chi connectivity index (χ3n) is 2.46. The Morgan fingerprint density at radius 2 is 2.06 bits per heavy atom. The highest BCUT2D eigenvalue weighted by Crippen LogP contribution is 2.12. The number of hydrogen-bond donors (Lipinski definition) is 0. The standard InChI is InChI=1S/C14H16O3/c1-15-13-7-5-12(6-8-13)10-16-9-3-2-4-14-11-17-14/h5-8,14H,4,9-11H2,1H3/t14-/m0/s1.